The summed E-state index contributed by atoms with van der Waals surface area (Å²) in [7, 11) is 1.55. The highest BCUT2D eigenvalue weighted by Gasteiger charge is 2.30. The second kappa shape index (κ2) is 11.8. The van der Waals surface area contributed by atoms with Crippen molar-refractivity contribution in [3.63, 3.8) is 0 Å². The van der Waals surface area contributed by atoms with Crippen LogP contribution in [-0.4, -0.2) is 39.3 Å². The maximum absolute atomic E-state index is 16.0. The van der Waals surface area contributed by atoms with Crippen molar-refractivity contribution < 1.29 is 19.0 Å². The Morgan fingerprint density at radius 2 is 1.86 bits per heavy atom. The summed E-state index contributed by atoms with van der Waals surface area (Å²) < 4.78 is 23.3. The Kier molecular flexibility index (Phi) is 8.09. The maximum atomic E-state index is 16.0. The number of hydrogen-bond donors (Lipinski definition) is 2. The van der Waals surface area contributed by atoms with Crippen molar-refractivity contribution in [2.75, 3.05) is 13.7 Å². The van der Waals surface area contributed by atoms with Crippen LogP contribution in [0.4, 0.5) is 4.39 Å². The van der Waals surface area contributed by atoms with E-state index in [4.69, 9.17) is 32.9 Å². The first-order chi connectivity index (χ1) is 21.0. The Labute approximate surface area is 264 Å². The van der Waals surface area contributed by atoms with Crippen LogP contribution in [0.15, 0.2) is 72.8 Å². The van der Waals surface area contributed by atoms with Gasteiger partial charge in [0.05, 0.1) is 39.7 Å². The molecule has 2 aromatic carbocycles. The molecule has 3 heterocycles. The van der Waals surface area contributed by atoms with E-state index >= 15 is 4.39 Å². The fourth-order valence-corrected chi connectivity index (χ4v) is 5.75. The van der Waals surface area contributed by atoms with Gasteiger partial charge in [0, 0.05) is 41.1 Å². The number of fused-ring (bicyclic) bond motifs is 1. The van der Waals surface area contributed by atoms with Gasteiger partial charge in [0.1, 0.15) is 5.69 Å². The molecule has 0 aliphatic heterocycles. The zero-order valence-corrected chi connectivity index (χ0v) is 26.0. The molecule has 1 aliphatic carbocycles. The number of aromatic nitrogens is 3. The van der Waals surface area contributed by atoms with E-state index in [0.717, 1.165) is 29.6 Å². The minimum atomic E-state index is -1.54. The average Bonchev–Trinajstić information content (AvgIpc) is 3.77. The van der Waals surface area contributed by atoms with Crippen molar-refractivity contribution in [3.8, 4) is 17.1 Å². The lowest BCUT2D eigenvalue weighted by Gasteiger charge is -2.25. The molecule has 1 fully saturated rings. The van der Waals surface area contributed by atoms with Crippen molar-refractivity contribution >= 4 is 34.6 Å². The predicted octanol–water partition coefficient (Wildman–Crippen LogP) is 7.52. The number of pyridine rings is 2. The van der Waals surface area contributed by atoms with Crippen molar-refractivity contribution in [3.05, 3.63) is 117 Å². The maximum Gasteiger partial charge on any atom is 0.251 e. The summed E-state index contributed by atoms with van der Waals surface area (Å²) >= 11 is 12.8. The Morgan fingerprint density at radius 3 is 2.55 bits per heavy atom. The molecule has 2 N–H and O–H groups in total. The molecule has 7 nitrogen and oxygen atoms in total. The smallest absolute Gasteiger partial charge is 0.251 e. The summed E-state index contributed by atoms with van der Waals surface area (Å²) in [6.45, 7) is 3.15. The van der Waals surface area contributed by atoms with E-state index in [0.29, 0.717) is 28.6 Å². The van der Waals surface area contributed by atoms with Gasteiger partial charge in [-0.3, -0.25) is 4.79 Å². The largest absolute Gasteiger partial charge is 0.481 e. The molecular formula is C34H31Cl2FN4O3. The molecule has 5 aromatic rings. The third kappa shape index (κ3) is 5.89. The highest BCUT2D eigenvalue weighted by atomic mass is 35.5. The molecule has 1 atom stereocenters. The fraction of sp³-hybridized carbons (Fsp3) is 0.265. The number of aliphatic hydroxyl groups is 1. The zero-order valence-electron chi connectivity index (χ0n) is 24.4. The highest BCUT2D eigenvalue weighted by Crippen LogP contribution is 2.40. The van der Waals surface area contributed by atoms with Gasteiger partial charge in [0.25, 0.3) is 5.91 Å². The van der Waals surface area contributed by atoms with E-state index < -0.39 is 17.3 Å². The summed E-state index contributed by atoms with van der Waals surface area (Å²) in [5.41, 5.74) is 2.23. The van der Waals surface area contributed by atoms with Crippen LogP contribution in [0, 0.1) is 5.82 Å². The molecule has 0 saturated heterocycles. The highest BCUT2D eigenvalue weighted by molar-refractivity contribution is 6.43. The molecular weight excluding hydrogens is 602 g/mol. The third-order valence-corrected chi connectivity index (χ3v) is 8.70. The summed E-state index contributed by atoms with van der Waals surface area (Å²) in [6, 6.07) is 21.4. The monoisotopic (exact) mass is 632 g/mol. The first-order valence-electron chi connectivity index (χ1n) is 14.3. The van der Waals surface area contributed by atoms with E-state index in [2.05, 4.69) is 10.4 Å². The number of ether oxygens (including phenoxy) is 1. The number of hydrogen-bond acceptors (Lipinski definition) is 5. The van der Waals surface area contributed by atoms with Gasteiger partial charge in [-0.2, -0.15) is 5.10 Å². The average molecular weight is 634 g/mol. The van der Waals surface area contributed by atoms with Gasteiger partial charge in [0.15, 0.2) is 5.82 Å². The van der Waals surface area contributed by atoms with Crippen LogP contribution in [0.25, 0.3) is 16.8 Å². The second-order valence-electron chi connectivity index (χ2n) is 11.6. The third-order valence-electron chi connectivity index (χ3n) is 7.88. The minimum absolute atomic E-state index is 0.0400. The number of benzene rings is 2. The quantitative estimate of drug-likeness (QED) is 0.175. The molecule has 3 aromatic heterocycles. The molecule has 1 saturated carbocycles. The first-order valence-corrected chi connectivity index (χ1v) is 15.1. The number of carbonyl (C=O) groups is 1. The van der Waals surface area contributed by atoms with Crippen LogP contribution in [0.1, 0.15) is 71.4 Å². The minimum Gasteiger partial charge on any atom is -0.481 e. The Hall–Kier alpha value is -3.98. The number of carbonyl (C=O) groups excluding carboxylic acids is 1. The molecule has 1 amide bonds. The van der Waals surface area contributed by atoms with Crippen molar-refractivity contribution in [1.29, 1.82) is 0 Å². The van der Waals surface area contributed by atoms with E-state index in [1.807, 2.05) is 36.4 Å². The van der Waals surface area contributed by atoms with Gasteiger partial charge in [0.2, 0.25) is 5.88 Å². The van der Waals surface area contributed by atoms with Crippen LogP contribution >= 0.6 is 23.2 Å². The lowest BCUT2D eigenvalue weighted by Crippen LogP contribution is -2.30. The number of rotatable bonds is 9. The van der Waals surface area contributed by atoms with Gasteiger partial charge in [-0.25, -0.2) is 13.9 Å². The predicted molar refractivity (Wildman–Crippen MR) is 169 cm³/mol. The second-order valence-corrected chi connectivity index (χ2v) is 12.3. The molecule has 6 rings (SSSR count). The fourth-order valence-electron chi connectivity index (χ4n) is 5.36. The number of nitrogens with zero attached hydrogens (tertiary/aromatic N) is 3. The molecule has 0 radical (unpaired) electrons. The topological polar surface area (TPSA) is 88.8 Å². The van der Waals surface area contributed by atoms with E-state index in [1.165, 1.54) is 13.8 Å². The van der Waals surface area contributed by atoms with Crippen LogP contribution < -0.4 is 10.1 Å². The first kappa shape index (κ1) is 30.1. The lowest BCUT2D eigenvalue weighted by molar-refractivity contribution is 0.0743. The van der Waals surface area contributed by atoms with Gasteiger partial charge >= 0.3 is 0 Å². The molecule has 0 spiro atoms. The standard InChI is InChI=1S/C34H31Cl2FN4O3/c1-34(2,43)25-17-28(39-32(31(25)37)23-10-7-11-26(35)30(23)36)24(19-8-5-4-6-9-19)18-38-33(42)21-14-22-16-27(20-12-13-20)40-41(22)29(15-21)44-3/h4-11,14-17,20,24,43H,12-13,18H2,1-3H3,(H,38,42). The lowest BCUT2D eigenvalue weighted by atomic mass is 9.89. The molecule has 1 aliphatic rings. The number of methoxy groups -OCH3 is 1. The van der Waals surface area contributed by atoms with Crippen molar-refractivity contribution in [2.24, 2.45) is 0 Å². The number of nitrogens with one attached hydrogen (secondary N) is 1. The Balaban J connectivity index is 1.39. The summed E-state index contributed by atoms with van der Waals surface area (Å²) in [5.74, 6) is -0.609. The van der Waals surface area contributed by atoms with Gasteiger partial charge in [-0.15, -0.1) is 0 Å². The number of halogens is 3. The van der Waals surface area contributed by atoms with E-state index in [9.17, 15) is 9.90 Å². The van der Waals surface area contributed by atoms with Crippen LogP contribution in [0.2, 0.25) is 10.0 Å². The van der Waals surface area contributed by atoms with Gasteiger partial charge in [-0.05, 0) is 56.5 Å². The SMILES string of the molecule is COc1cc(C(=O)NCC(c2ccccc2)c2cc(C(C)(C)O)c(F)c(-c3cccc(Cl)c3Cl)n2)cc2cc(C3CC3)nn12. The van der Waals surface area contributed by atoms with Gasteiger partial charge in [-0.1, -0.05) is 65.7 Å². The van der Waals surface area contributed by atoms with E-state index in [1.54, 1.807) is 48.0 Å². The zero-order chi connectivity index (χ0) is 31.2. The van der Waals surface area contributed by atoms with Crippen molar-refractivity contribution in [1.82, 2.24) is 19.9 Å². The number of amides is 1. The Morgan fingerprint density at radius 1 is 1.11 bits per heavy atom. The van der Waals surface area contributed by atoms with Crippen molar-refractivity contribution in [2.45, 2.75) is 44.1 Å². The van der Waals surface area contributed by atoms with Crippen LogP contribution in [0.5, 0.6) is 5.88 Å². The normalized spacial score (nSPS) is 14.1. The molecule has 44 heavy (non-hydrogen) atoms. The molecule has 0 bridgehead atoms. The summed E-state index contributed by atoms with van der Waals surface area (Å²) in [6.07, 6.45) is 2.22. The van der Waals surface area contributed by atoms with Crippen LogP contribution in [0.3, 0.4) is 0 Å². The summed E-state index contributed by atoms with van der Waals surface area (Å²) in [5, 5.41) is 19.1. The van der Waals surface area contributed by atoms with Gasteiger partial charge < -0.3 is 15.2 Å². The molecule has 226 valence electrons. The summed E-state index contributed by atoms with van der Waals surface area (Å²) in [4.78, 5) is 18.3. The molecule has 10 heteroatoms. The van der Waals surface area contributed by atoms with Crippen LogP contribution in [-0.2, 0) is 5.60 Å². The van der Waals surface area contributed by atoms with E-state index in [-0.39, 0.29) is 33.8 Å². The Bertz CT molecular complexity index is 1870. The molecule has 1 unspecified atom stereocenters.